The lowest BCUT2D eigenvalue weighted by molar-refractivity contribution is -0.147. The quantitative estimate of drug-likeness (QED) is 0.339. The maximum Gasteiger partial charge on any atom is 0.320 e. The predicted molar refractivity (Wildman–Crippen MR) is 134 cm³/mol. The number of aryl methyl sites for hydroxylation is 1. The first-order valence-corrected chi connectivity index (χ1v) is 12.3. The number of hydrogen-bond acceptors (Lipinski definition) is 5. The Morgan fingerprint density at radius 2 is 1.60 bits per heavy atom. The van der Waals surface area contributed by atoms with Gasteiger partial charge in [0.05, 0.1) is 19.6 Å². The SMILES string of the molecule is Cc1ccc(CN(CCc2ccccc2)C(=O)CN(CC(=O)OCc2ccccc2)CC2CC2)o1. The Labute approximate surface area is 207 Å². The van der Waals surface area contributed by atoms with E-state index in [1.165, 1.54) is 5.56 Å². The molecule has 184 valence electrons. The van der Waals surface area contributed by atoms with Crippen LogP contribution in [0, 0.1) is 12.8 Å². The molecule has 1 aromatic heterocycles. The molecule has 0 unspecified atom stereocenters. The lowest BCUT2D eigenvalue weighted by atomic mass is 10.1. The van der Waals surface area contributed by atoms with Crippen LogP contribution in [0.3, 0.4) is 0 Å². The molecule has 1 aliphatic carbocycles. The van der Waals surface area contributed by atoms with Crippen molar-refractivity contribution in [3.8, 4) is 0 Å². The van der Waals surface area contributed by atoms with Crippen molar-refractivity contribution in [2.75, 3.05) is 26.2 Å². The Balaban J connectivity index is 1.37. The van der Waals surface area contributed by atoms with E-state index in [1.807, 2.05) is 77.4 Å². The average molecular weight is 475 g/mol. The van der Waals surface area contributed by atoms with Gasteiger partial charge >= 0.3 is 5.97 Å². The first-order valence-electron chi connectivity index (χ1n) is 12.3. The molecule has 0 radical (unpaired) electrons. The molecule has 4 rings (SSSR count). The van der Waals surface area contributed by atoms with Crippen molar-refractivity contribution in [2.24, 2.45) is 5.92 Å². The third-order valence-electron chi connectivity index (χ3n) is 6.18. The van der Waals surface area contributed by atoms with E-state index in [0.29, 0.717) is 19.0 Å². The van der Waals surface area contributed by atoms with Crippen LogP contribution in [0.4, 0.5) is 0 Å². The van der Waals surface area contributed by atoms with Gasteiger partial charge in [-0.3, -0.25) is 14.5 Å². The number of carbonyl (C=O) groups is 2. The summed E-state index contributed by atoms with van der Waals surface area (Å²) in [6.07, 6.45) is 3.05. The smallest absolute Gasteiger partial charge is 0.320 e. The number of hydrogen-bond donors (Lipinski definition) is 0. The highest BCUT2D eigenvalue weighted by Crippen LogP contribution is 2.29. The zero-order valence-corrected chi connectivity index (χ0v) is 20.4. The third kappa shape index (κ3) is 8.41. The fraction of sp³-hybridized carbons (Fsp3) is 0.379. The molecular formula is C29H34N2O4. The molecule has 1 amide bonds. The lowest BCUT2D eigenvalue weighted by Crippen LogP contribution is -2.43. The van der Waals surface area contributed by atoms with Crippen molar-refractivity contribution in [1.82, 2.24) is 9.80 Å². The third-order valence-corrected chi connectivity index (χ3v) is 6.18. The van der Waals surface area contributed by atoms with Crippen LogP contribution in [-0.4, -0.2) is 47.9 Å². The molecule has 2 aromatic carbocycles. The Morgan fingerprint density at radius 1 is 0.914 bits per heavy atom. The molecule has 0 bridgehead atoms. The molecule has 6 nitrogen and oxygen atoms in total. The molecular weight excluding hydrogens is 440 g/mol. The van der Waals surface area contributed by atoms with E-state index in [1.54, 1.807) is 0 Å². The summed E-state index contributed by atoms with van der Waals surface area (Å²) < 4.78 is 11.2. The Bertz CT molecular complexity index is 1080. The second-order valence-corrected chi connectivity index (χ2v) is 9.32. The van der Waals surface area contributed by atoms with Gasteiger partial charge in [-0.2, -0.15) is 0 Å². The summed E-state index contributed by atoms with van der Waals surface area (Å²) in [4.78, 5) is 29.8. The van der Waals surface area contributed by atoms with Crippen LogP contribution < -0.4 is 0 Å². The minimum absolute atomic E-state index is 0.00788. The Hall–Kier alpha value is -3.38. The van der Waals surface area contributed by atoms with E-state index in [-0.39, 0.29) is 31.6 Å². The second-order valence-electron chi connectivity index (χ2n) is 9.32. The van der Waals surface area contributed by atoms with Gasteiger partial charge in [0.15, 0.2) is 0 Å². The Kier molecular flexibility index (Phi) is 8.74. The fourth-order valence-corrected chi connectivity index (χ4v) is 4.07. The van der Waals surface area contributed by atoms with Gasteiger partial charge in [-0.15, -0.1) is 0 Å². The molecule has 0 saturated heterocycles. The zero-order valence-electron chi connectivity index (χ0n) is 20.4. The summed E-state index contributed by atoms with van der Waals surface area (Å²) in [5, 5.41) is 0. The van der Waals surface area contributed by atoms with E-state index in [2.05, 4.69) is 12.1 Å². The number of amides is 1. The van der Waals surface area contributed by atoms with Gasteiger partial charge in [0.2, 0.25) is 5.91 Å². The molecule has 1 fully saturated rings. The lowest BCUT2D eigenvalue weighted by Gasteiger charge is -2.27. The highest BCUT2D eigenvalue weighted by molar-refractivity contribution is 5.79. The summed E-state index contributed by atoms with van der Waals surface area (Å²) >= 11 is 0. The van der Waals surface area contributed by atoms with Gasteiger partial charge in [-0.05, 0) is 55.4 Å². The zero-order chi connectivity index (χ0) is 24.5. The summed E-state index contributed by atoms with van der Waals surface area (Å²) in [6, 6.07) is 23.6. The van der Waals surface area contributed by atoms with Crippen LogP contribution in [0.5, 0.6) is 0 Å². The van der Waals surface area contributed by atoms with Gasteiger partial charge in [-0.1, -0.05) is 60.7 Å². The number of carbonyl (C=O) groups excluding carboxylic acids is 2. The molecule has 0 spiro atoms. The van der Waals surface area contributed by atoms with E-state index < -0.39 is 0 Å². The van der Waals surface area contributed by atoms with Gasteiger partial charge in [0.1, 0.15) is 18.1 Å². The van der Waals surface area contributed by atoms with Gasteiger partial charge < -0.3 is 14.1 Å². The maximum atomic E-state index is 13.4. The fourth-order valence-electron chi connectivity index (χ4n) is 4.07. The molecule has 3 aromatic rings. The number of rotatable bonds is 13. The predicted octanol–water partition coefficient (Wildman–Crippen LogP) is 4.61. The number of furan rings is 1. The number of nitrogens with zero attached hydrogens (tertiary/aromatic N) is 2. The molecule has 35 heavy (non-hydrogen) atoms. The maximum absolute atomic E-state index is 13.4. The molecule has 0 atom stereocenters. The molecule has 6 heteroatoms. The van der Waals surface area contributed by atoms with Crippen molar-refractivity contribution in [1.29, 1.82) is 0 Å². The topological polar surface area (TPSA) is 63.0 Å². The van der Waals surface area contributed by atoms with Crippen LogP contribution in [0.25, 0.3) is 0 Å². The number of esters is 1. The van der Waals surface area contributed by atoms with E-state index >= 15 is 0 Å². The highest BCUT2D eigenvalue weighted by Gasteiger charge is 2.28. The van der Waals surface area contributed by atoms with Crippen molar-refractivity contribution >= 4 is 11.9 Å². The molecule has 1 saturated carbocycles. The monoisotopic (exact) mass is 474 g/mol. The van der Waals surface area contributed by atoms with Crippen molar-refractivity contribution in [3.05, 3.63) is 95.4 Å². The van der Waals surface area contributed by atoms with E-state index in [4.69, 9.17) is 9.15 Å². The first kappa shape index (κ1) is 24.7. The first-order chi connectivity index (χ1) is 17.0. The second kappa shape index (κ2) is 12.4. The summed E-state index contributed by atoms with van der Waals surface area (Å²) in [7, 11) is 0. The van der Waals surface area contributed by atoms with Crippen LogP contribution in [-0.2, 0) is 33.9 Å². The van der Waals surface area contributed by atoms with Crippen molar-refractivity contribution in [2.45, 2.75) is 39.3 Å². The van der Waals surface area contributed by atoms with Crippen LogP contribution in [0.2, 0.25) is 0 Å². The number of benzene rings is 2. The van der Waals surface area contributed by atoms with Crippen LogP contribution in [0.15, 0.2) is 77.2 Å². The molecule has 1 aliphatic rings. The average Bonchev–Trinajstić information content (AvgIpc) is 3.59. The molecule has 1 heterocycles. The molecule has 0 N–H and O–H groups in total. The Morgan fingerprint density at radius 3 is 2.23 bits per heavy atom. The van der Waals surface area contributed by atoms with Gasteiger partial charge in [0, 0.05) is 13.1 Å². The van der Waals surface area contributed by atoms with Crippen molar-refractivity contribution in [3.63, 3.8) is 0 Å². The normalized spacial score (nSPS) is 13.1. The summed E-state index contributed by atoms with van der Waals surface area (Å²) in [5.41, 5.74) is 2.13. The van der Waals surface area contributed by atoms with E-state index in [9.17, 15) is 9.59 Å². The minimum atomic E-state index is -0.306. The highest BCUT2D eigenvalue weighted by atomic mass is 16.5. The van der Waals surface area contributed by atoms with Crippen molar-refractivity contribution < 1.29 is 18.7 Å². The number of ether oxygens (including phenoxy) is 1. The van der Waals surface area contributed by atoms with Crippen LogP contribution in [0.1, 0.15) is 35.5 Å². The summed E-state index contributed by atoms with van der Waals surface area (Å²) in [5.74, 6) is 1.83. The van der Waals surface area contributed by atoms with Crippen LogP contribution >= 0.6 is 0 Å². The standard InChI is InChI=1S/C29H34N2O4/c1-23-12-15-27(35-23)19-31(17-16-24-8-4-2-5-9-24)28(32)20-30(18-25-13-14-25)21-29(33)34-22-26-10-6-3-7-11-26/h2-12,15,25H,13-14,16-22H2,1H3. The largest absolute Gasteiger partial charge is 0.464 e. The van der Waals surface area contributed by atoms with E-state index in [0.717, 1.165) is 42.9 Å². The minimum Gasteiger partial charge on any atom is -0.464 e. The van der Waals surface area contributed by atoms with Gasteiger partial charge in [-0.25, -0.2) is 0 Å². The van der Waals surface area contributed by atoms with Gasteiger partial charge in [0.25, 0.3) is 0 Å². The summed E-state index contributed by atoms with van der Waals surface area (Å²) in [6.45, 7) is 4.17. The molecule has 0 aliphatic heterocycles.